The van der Waals surface area contributed by atoms with E-state index in [2.05, 4.69) is 0 Å². The van der Waals surface area contributed by atoms with Gasteiger partial charge in [0.15, 0.2) is 23.3 Å². The second-order valence-electron chi connectivity index (χ2n) is 5.65. The minimum atomic E-state index is -2.22. The van der Waals surface area contributed by atoms with Gasteiger partial charge in [-0.2, -0.15) is 0 Å². The van der Waals surface area contributed by atoms with Gasteiger partial charge in [-0.05, 0) is 0 Å². The quantitative estimate of drug-likeness (QED) is 0.460. The highest BCUT2D eigenvalue weighted by Gasteiger charge is 2.47. The molecular formula is C17H13F5O2. The molecule has 0 aliphatic carbocycles. The molecule has 0 unspecified atom stereocenters. The molecule has 1 aliphatic rings. The number of rotatable bonds is 2. The highest BCUT2D eigenvalue weighted by molar-refractivity contribution is 5.37. The maximum absolute atomic E-state index is 14.3. The van der Waals surface area contributed by atoms with E-state index in [1.54, 1.807) is 25.1 Å². The van der Waals surface area contributed by atoms with Crippen LogP contribution in [0.15, 0.2) is 30.3 Å². The molecule has 1 aliphatic heterocycles. The van der Waals surface area contributed by atoms with Gasteiger partial charge in [0, 0.05) is 11.5 Å². The van der Waals surface area contributed by atoms with E-state index < -0.39 is 40.4 Å². The molecule has 2 aromatic rings. The van der Waals surface area contributed by atoms with Crippen LogP contribution in [0.4, 0.5) is 22.0 Å². The Morgan fingerprint density at radius 1 is 0.792 bits per heavy atom. The molecule has 1 heterocycles. The lowest BCUT2D eigenvalue weighted by molar-refractivity contribution is -0.267. The minimum Gasteiger partial charge on any atom is -0.342 e. The fourth-order valence-electron chi connectivity index (χ4n) is 2.62. The van der Waals surface area contributed by atoms with E-state index in [1.807, 2.05) is 0 Å². The molecule has 7 heteroatoms. The van der Waals surface area contributed by atoms with Crippen LogP contribution in [0.5, 0.6) is 0 Å². The smallest absolute Gasteiger partial charge is 0.228 e. The van der Waals surface area contributed by atoms with E-state index in [0.29, 0.717) is 0 Å². The molecule has 0 N–H and O–H groups in total. The van der Waals surface area contributed by atoms with Crippen molar-refractivity contribution < 1.29 is 31.4 Å². The first kappa shape index (κ1) is 16.9. The molecule has 0 spiro atoms. The third-order valence-electron chi connectivity index (χ3n) is 3.83. The maximum Gasteiger partial charge on any atom is 0.228 e. The van der Waals surface area contributed by atoms with Crippen LogP contribution < -0.4 is 0 Å². The fraction of sp³-hybridized carbons (Fsp3) is 0.294. The van der Waals surface area contributed by atoms with Crippen molar-refractivity contribution in [3.8, 4) is 0 Å². The van der Waals surface area contributed by atoms with E-state index in [4.69, 9.17) is 9.47 Å². The van der Waals surface area contributed by atoms with Gasteiger partial charge in [0.05, 0.1) is 18.8 Å². The van der Waals surface area contributed by atoms with Crippen molar-refractivity contribution in [2.24, 2.45) is 5.92 Å². The summed E-state index contributed by atoms with van der Waals surface area (Å²) in [5.74, 6) is -12.5. The summed E-state index contributed by atoms with van der Waals surface area (Å²) in [5.41, 5.74) is -1.00. The van der Waals surface area contributed by atoms with Crippen LogP contribution in [0.3, 0.4) is 0 Å². The van der Waals surface area contributed by atoms with Crippen molar-refractivity contribution in [3.63, 3.8) is 0 Å². The van der Waals surface area contributed by atoms with E-state index in [0.717, 1.165) is 0 Å². The van der Waals surface area contributed by atoms with Gasteiger partial charge in [0.2, 0.25) is 11.6 Å². The second kappa shape index (κ2) is 6.14. The van der Waals surface area contributed by atoms with Gasteiger partial charge in [-0.1, -0.05) is 37.3 Å². The number of halogens is 5. The number of hydrogen-bond acceptors (Lipinski definition) is 2. The molecule has 2 aromatic carbocycles. The lowest BCUT2D eigenvalue weighted by Crippen LogP contribution is -2.44. The van der Waals surface area contributed by atoms with Crippen molar-refractivity contribution >= 4 is 0 Å². The third-order valence-corrected chi connectivity index (χ3v) is 3.83. The van der Waals surface area contributed by atoms with Crippen LogP contribution in [0.1, 0.15) is 18.1 Å². The zero-order valence-electron chi connectivity index (χ0n) is 12.6. The van der Waals surface area contributed by atoms with E-state index in [-0.39, 0.29) is 24.7 Å². The average Bonchev–Trinajstić information content (AvgIpc) is 2.61. The minimum absolute atomic E-state index is 0.0361. The van der Waals surface area contributed by atoms with Gasteiger partial charge in [-0.3, -0.25) is 0 Å². The van der Waals surface area contributed by atoms with Gasteiger partial charge >= 0.3 is 0 Å². The predicted molar refractivity (Wildman–Crippen MR) is 74.5 cm³/mol. The average molecular weight is 344 g/mol. The summed E-state index contributed by atoms with van der Waals surface area (Å²) in [7, 11) is 0. The standard InChI is InChI=1S/C17H13F5O2/c1-9-7-23-17(24-8-9,10-5-3-2-4-6-10)11-12(18)14(20)16(22)15(21)13(11)19/h2-6,9H,7-8H2,1H3. The summed E-state index contributed by atoms with van der Waals surface area (Å²) in [6.07, 6.45) is 0. The Morgan fingerprint density at radius 3 is 1.75 bits per heavy atom. The molecule has 1 saturated heterocycles. The van der Waals surface area contributed by atoms with Crippen LogP contribution >= 0.6 is 0 Å². The lowest BCUT2D eigenvalue weighted by Gasteiger charge is -2.40. The summed E-state index contributed by atoms with van der Waals surface area (Å²) in [4.78, 5) is 0. The molecule has 2 nitrogen and oxygen atoms in total. The first-order chi connectivity index (χ1) is 11.4. The zero-order chi connectivity index (χ0) is 17.5. The Bertz CT molecular complexity index is 726. The zero-order valence-corrected chi connectivity index (χ0v) is 12.6. The van der Waals surface area contributed by atoms with E-state index in [1.165, 1.54) is 12.1 Å². The van der Waals surface area contributed by atoms with Gasteiger partial charge in [-0.15, -0.1) is 0 Å². The fourth-order valence-corrected chi connectivity index (χ4v) is 2.62. The predicted octanol–water partition coefficient (Wildman–Crippen LogP) is 4.27. The molecule has 128 valence electrons. The lowest BCUT2D eigenvalue weighted by atomic mass is 9.94. The topological polar surface area (TPSA) is 18.5 Å². The van der Waals surface area contributed by atoms with Gasteiger partial charge in [-0.25, -0.2) is 22.0 Å². The van der Waals surface area contributed by atoms with Crippen LogP contribution in [0.25, 0.3) is 0 Å². The van der Waals surface area contributed by atoms with Gasteiger partial charge in [0.1, 0.15) is 0 Å². The van der Waals surface area contributed by atoms with E-state index >= 15 is 0 Å². The van der Waals surface area contributed by atoms with Crippen LogP contribution in [-0.2, 0) is 15.3 Å². The van der Waals surface area contributed by atoms with Crippen molar-refractivity contribution in [1.82, 2.24) is 0 Å². The van der Waals surface area contributed by atoms with Crippen LogP contribution in [0, 0.1) is 35.0 Å². The summed E-state index contributed by atoms with van der Waals surface area (Å²) in [6, 6.07) is 7.62. The Balaban J connectivity index is 2.29. The summed E-state index contributed by atoms with van der Waals surface area (Å²) < 4.78 is 80.3. The largest absolute Gasteiger partial charge is 0.342 e. The SMILES string of the molecule is CC1COC(c2ccccc2)(c2c(F)c(F)c(F)c(F)c2F)OC1. The van der Waals surface area contributed by atoms with Gasteiger partial charge < -0.3 is 9.47 Å². The van der Waals surface area contributed by atoms with Crippen LogP contribution in [-0.4, -0.2) is 13.2 Å². The Morgan fingerprint density at radius 2 is 1.25 bits per heavy atom. The second-order valence-corrected chi connectivity index (χ2v) is 5.65. The van der Waals surface area contributed by atoms with Crippen molar-refractivity contribution in [1.29, 1.82) is 0 Å². The number of hydrogen-bond donors (Lipinski definition) is 0. The summed E-state index contributed by atoms with van der Waals surface area (Å²) in [5, 5.41) is 0. The number of benzene rings is 2. The first-order valence-corrected chi connectivity index (χ1v) is 7.24. The molecule has 0 radical (unpaired) electrons. The molecule has 0 aromatic heterocycles. The molecule has 0 atom stereocenters. The number of ether oxygens (including phenoxy) is 2. The molecule has 1 fully saturated rings. The van der Waals surface area contributed by atoms with Crippen molar-refractivity contribution in [2.75, 3.05) is 13.2 Å². The normalized spacial score (nSPS) is 24.2. The van der Waals surface area contributed by atoms with Gasteiger partial charge in [0.25, 0.3) is 0 Å². The highest BCUT2D eigenvalue weighted by atomic mass is 19.2. The first-order valence-electron chi connectivity index (χ1n) is 7.24. The molecular weight excluding hydrogens is 331 g/mol. The van der Waals surface area contributed by atoms with Crippen molar-refractivity contribution in [2.45, 2.75) is 12.7 Å². The van der Waals surface area contributed by atoms with Crippen molar-refractivity contribution in [3.05, 3.63) is 70.5 Å². The Kier molecular flexibility index (Phi) is 4.31. The molecule has 0 amide bonds. The highest BCUT2D eigenvalue weighted by Crippen LogP contribution is 2.42. The Hall–Kier alpha value is -1.99. The van der Waals surface area contributed by atoms with Crippen LogP contribution in [0.2, 0.25) is 0 Å². The maximum atomic E-state index is 14.3. The summed E-state index contributed by atoms with van der Waals surface area (Å²) >= 11 is 0. The monoisotopic (exact) mass is 344 g/mol. The summed E-state index contributed by atoms with van der Waals surface area (Å²) in [6.45, 7) is 1.84. The molecule has 0 bridgehead atoms. The Labute approximate surface area is 134 Å². The molecule has 0 saturated carbocycles. The molecule has 24 heavy (non-hydrogen) atoms. The third kappa shape index (κ3) is 2.48. The van der Waals surface area contributed by atoms with E-state index in [9.17, 15) is 22.0 Å². The molecule has 3 rings (SSSR count).